The summed E-state index contributed by atoms with van der Waals surface area (Å²) in [5.74, 6) is 1.94. The molecule has 1 aliphatic rings. The maximum Gasteiger partial charge on any atom is 0.124 e. The van der Waals surface area contributed by atoms with E-state index in [1.54, 1.807) is 7.11 Å². The van der Waals surface area contributed by atoms with Crippen LogP contribution in [0.2, 0.25) is 0 Å². The summed E-state index contributed by atoms with van der Waals surface area (Å²) in [7, 11) is 1.73. The van der Waals surface area contributed by atoms with Gasteiger partial charge in [0, 0.05) is 50.5 Å². The standard InChI is InChI=1S/C21H28N2O3/c1-4-25-20-12-17-11-16(2)26-21(17)13-18(20)14-23(9-10-24-3)15-19-7-5-6-8-22-19/h5-8,12-13,16H,4,9-11,14-15H2,1-3H3. The summed E-state index contributed by atoms with van der Waals surface area (Å²) in [6.07, 6.45) is 3.00. The smallest absolute Gasteiger partial charge is 0.124 e. The number of methoxy groups -OCH3 is 1. The van der Waals surface area contributed by atoms with Crippen molar-refractivity contribution in [2.24, 2.45) is 0 Å². The Bertz CT molecular complexity index is 706. The molecule has 1 aromatic carbocycles. The van der Waals surface area contributed by atoms with E-state index >= 15 is 0 Å². The van der Waals surface area contributed by atoms with E-state index in [2.05, 4.69) is 35.0 Å². The molecule has 0 saturated carbocycles. The van der Waals surface area contributed by atoms with Gasteiger partial charge in [0.05, 0.1) is 18.9 Å². The molecule has 0 fully saturated rings. The van der Waals surface area contributed by atoms with Crippen LogP contribution in [0.5, 0.6) is 11.5 Å². The van der Waals surface area contributed by atoms with Crippen molar-refractivity contribution in [3.63, 3.8) is 0 Å². The monoisotopic (exact) mass is 356 g/mol. The number of hydrogen-bond acceptors (Lipinski definition) is 5. The van der Waals surface area contributed by atoms with Gasteiger partial charge in [0.15, 0.2) is 0 Å². The fourth-order valence-corrected chi connectivity index (χ4v) is 3.29. The Labute approximate surface area is 155 Å². The van der Waals surface area contributed by atoms with Gasteiger partial charge in [-0.3, -0.25) is 9.88 Å². The lowest BCUT2D eigenvalue weighted by atomic mass is 10.1. The largest absolute Gasteiger partial charge is 0.494 e. The van der Waals surface area contributed by atoms with Gasteiger partial charge in [-0.2, -0.15) is 0 Å². The molecular formula is C21H28N2O3. The van der Waals surface area contributed by atoms with Crippen LogP contribution in [0.3, 0.4) is 0 Å². The molecule has 140 valence electrons. The Hall–Kier alpha value is -2.11. The summed E-state index contributed by atoms with van der Waals surface area (Å²) in [5, 5.41) is 0. The van der Waals surface area contributed by atoms with Crippen LogP contribution in [0.25, 0.3) is 0 Å². The number of benzene rings is 1. The van der Waals surface area contributed by atoms with Crippen LogP contribution in [0.15, 0.2) is 36.5 Å². The lowest BCUT2D eigenvalue weighted by Crippen LogP contribution is -2.27. The predicted octanol–water partition coefficient (Wildman–Crippen LogP) is 3.45. The average molecular weight is 356 g/mol. The van der Waals surface area contributed by atoms with Gasteiger partial charge in [0.2, 0.25) is 0 Å². The van der Waals surface area contributed by atoms with Crippen LogP contribution >= 0.6 is 0 Å². The van der Waals surface area contributed by atoms with Gasteiger partial charge in [-0.1, -0.05) is 6.07 Å². The number of hydrogen-bond donors (Lipinski definition) is 0. The minimum Gasteiger partial charge on any atom is -0.494 e. The van der Waals surface area contributed by atoms with E-state index in [1.165, 1.54) is 5.56 Å². The lowest BCUT2D eigenvalue weighted by molar-refractivity contribution is 0.138. The van der Waals surface area contributed by atoms with Crippen molar-refractivity contribution in [2.45, 2.75) is 39.5 Å². The van der Waals surface area contributed by atoms with E-state index in [4.69, 9.17) is 14.2 Å². The Morgan fingerprint density at radius 1 is 1.27 bits per heavy atom. The average Bonchev–Trinajstić information content (AvgIpc) is 3.00. The topological polar surface area (TPSA) is 43.8 Å². The molecule has 5 nitrogen and oxygen atoms in total. The Morgan fingerprint density at radius 3 is 2.88 bits per heavy atom. The maximum absolute atomic E-state index is 5.95. The van der Waals surface area contributed by atoms with Crippen molar-refractivity contribution in [3.8, 4) is 11.5 Å². The Balaban J connectivity index is 1.81. The highest BCUT2D eigenvalue weighted by atomic mass is 16.5. The molecule has 0 saturated heterocycles. The highest BCUT2D eigenvalue weighted by molar-refractivity contribution is 5.48. The van der Waals surface area contributed by atoms with Gasteiger partial charge in [-0.25, -0.2) is 0 Å². The lowest BCUT2D eigenvalue weighted by Gasteiger charge is -2.23. The Morgan fingerprint density at radius 2 is 2.15 bits per heavy atom. The number of ether oxygens (including phenoxy) is 3. The molecule has 1 aromatic heterocycles. The summed E-state index contributed by atoms with van der Waals surface area (Å²) >= 11 is 0. The normalized spacial score (nSPS) is 15.8. The molecule has 2 aromatic rings. The van der Waals surface area contributed by atoms with Crippen LogP contribution in [0.4, 0.5) is 0 Å². The number of fused-ring (bicyclic) bond motifs is 1. The van der Waals surface area contributed by atoms with Gasteiger partial charge in [0.1, 0.15) is 17.6 Å². The number of pyridine rings is 1. The van der Waals surface area contributed by atoms with E-state index in [-0.39, 0.29) is 6.10 Å². The summed E-state index contributed by atoms with van der Waals surface area (Å²) in [6, 6.07) is 10.3. The van der Waals surface area contributed by atoms with Gasteiger partial charge in [0.25, 0.3) is 0 Å². The van der Waals surface area contributed by atoms with Crippen LogP contribution in [0.1, 0.15) is 30.7 Å². The van der Waals surface area contributed by atoms with E-state index in [0.717, 1.165) is 48.8 Å². The number of rotatable bonds is 9. The van der Waals surface area contributed by atoms with Crippen molar-refractivity contribution >= 4 is 0 Å². The van der Waals surface area contributed by atoms with Crippen molar-refractivity contribution in [3.05, 3.63) is 53.3 Å². The first-order valence-electron chi connectivity index (χ1n) is 9.26. The van der Waals surface area contributed by atoms with Gasteiger partial charge < -0.3 is 14.2 Å². The van der Waals surface area contributed by atoms with Crippen molar-refractivity contribution in [1.82, 2.24) is 9.88 Å². The molecule has 1 atom stereocenters. The molecule has 0 radical (unpaired) electrons. The van der Waals surface area contributed by atoms with Gasteiger partial charge >= 0.3 is 0 Å². The minimum atomic E-state index is 0.229. The van der Waals surface area contributed by atoms with Gasteiger partial charge in [-0.15, -0.1) is 0 Å². The van der Waals surface area contributed by atoms with E-state index in [9.17, 15) is 0 Å². The molecule has 0 aliphatic carbocycles. The molecule has 1 unspecified atom stereocenters. The summed E-state index contributed by atoms with van der Waals surface area (Å²) in [5.41, 5.74) is 3.43. The zero-order valence-electron chi connectivity index (χ0n) is 15.9. The van der Waals surface area contributed by atoms with Crippen molar-refractivity contribution < 1.29 is 14.2 Å². The Kier molecular flexibility index (Phi) is 6.47. The first-order valence-corrected chi connectivity index (χ1v) is 9.26. The van der Waals surface area contributed by atoms with Crippen LogP contribution in [-0.4, -0.2) is 42.9 Å². The quantitative estimate of drug-likeness (QED) is 0.688. The summed E-state index contributed by atoms with van der Waals surface area (Å²) in [4.78, 5) is 6.78. The third-order valence-corrected chi connectivity index (χ3v) is 4.50. The second kappa shape index (κ2) is 9.01. The molecule has 1 aliphatic heterocycles. The van der Waals surface area contributed by atoms with E-state index in [1.807, 2.05) is 25.3 Å². The molecule has 5 heteroatoms. The van der Waals surface area contributed by atoms with Crippen LogP contribution in [0, 0.1) is 0 Å². The molecule has 2 heterocycles. The molecule has 3 rings (SSSR count). The fraction of sp³-hybridized carbons (Fsp3) is 0.476. The SMILES string of the molecule is CCOc1cc2c(cc1CN(CCOC)Cc1ccccn1)OC(C)C2. The predicted molar refractivity (Wildman–Crippen MR) is 102 cm³/mol. The third-order valence-electron chi connectivity index (χ3n) is 4.50. The first-order chi connectivity index (χ1) is 12.7. The molecule has 0 spiro atoms. The second-order valence-electron chi connectivity index (χ2n) is 6.66. The number of aromatic nitrogens is 1. The summed E-state index contributed by atoms with van der Waals surface area (Å²) in [6.45, 7) is 7.81. The third kappa shape index (κ3) is 4.74. The molecule has 0 amide bonds. The second-order valence-corrected chi connectivity index (χ2v) is 6.66. The van der Waals surface area contributed by atoms with Crippen molar-refractivity contribution in [1.29, 1.82) is 0 Å². The maximum atomic E-state index is 5.95. The van der Waals surface area contributed by atoms with Crippen LogP contribution in [-0.2, 0) is 24.2 Å². The first kappa shape index (κ1) is 18.7. The van der Waals surface area contributed by atoms with E-state index < -0.39 is 0 Å². The molecule has 0 bridgehead atoms. The molecular weight excluding hydrogens is 328 g/mol. The minimum absolute atomic E-state index is 0.229. The molecule has 26 heavy (non-hydrogen) atoms. The number of nitrogens with zero attached hydrogens (tertiary/aromatic N) is 2. The fourth-order valence-electron chi connectivity index (χ4n) is 3.29. The van der Waals surface area contributed by atoms with Crippen molar-refractivity contribution in [2.75, 3.05) is 26.9 Å². The van der Waals surface area contributed by atoms with Crippen LogP contribution < -0.4 is 9.47 Å². The zero-order chi connectivity index (χ0) is 18.4. The van der Waals surface area contributed by atoms with Gasteiger partial charge in [-0.05, 0) is 38.1 Å². The highest BCUT2D eigenvalue weighted by Gasteiger charge is 2.22. The zero-order valence-corrected chi connectivity index (χ0v) is 15.9. The van der Waals surface area contributed by atoms with E-state index in [0.29, 0.717) is 13.2 Å². The molecule has 0 N–H and O–H groups in total. The highest BCUT2D eigenvalue weighted by Crippen LogP contribution is 2.35. The summed E-state index contributed by atoms with van der Waals surface area (Å²) < 4.78 is 17.2.